The van der Waals surface area contributed by atoms with E-state index in [1.807, 2.05) is 33.8 Å². The lowest BCUT2D eigenvalue weighted by Gasteiger charge is -2.66. The number of aliphatic hydroxyl groups excluding tert-OH is 2. The van der Waals surface area contributed by atoms with E-state index >= 15 is 0 Å². The zero-order chi connectivity index (χ0) is 25.7. The first-order chi connectivity index (χ1) is 15.5. The molecule has 2 fully saturated rings. The van der Waals surface area contributed by atoms with Crippen molar-refractivity contribution in [3.8, 4) is 5.75 Å². The predicted molar refractivity (Wildman–Crippen MR) is 123 cm³/mol. The number of aromatic hydroxyl groups is 1. The Hall–Kier alpha value is -2.29. The number of rotatable bonds is 2. The number of aliphatic hydroxyl groups is 3. The smallest absolute Gasteiger partial charge is 0.230 e. The molecule has 1 aromatic carbocycles. The van der Waals surface area contributed by atoms with Gasteiger partial charge in [0.15, 0.2) is 17.2 Å². The Bertz CT molecular complexity index is 1110. The van der Waals surface area contributed by atoms with Gasteiger partial charge in [0.05, 0.1) is 17.6 Å². The molecule has 186 valence electrons. The molecule has 0 radical (unpaired) electrons. The molecule has 1 amide bonds. The van der Waals surface area contributed by atoms with Crippen molar-refractivity contribution >= 4 is 17.5 Å². The lowest BCUT2D eigenvalue weighted by Crippen LogP contribution is -2.79. The highest BCUT2D eigenvalue weighted by Crippen LogP contribution is 2.65. The van der Waals surface area contributed by atoms with Crippen molar-refractivity contribution in [3.63, 3.8) is 0 Å². The number of aryl methyl sites for hydroxylation is 2. The third-order valence-corrected chi connectivity index (χ3v) is 9.20. The van der Waals surface area contributed by atoms with E-state index in [4.69, 9.17) is 5.73 Å². The van der Waals surface area contributed by atoms with Gasteiger partial charge < -0.3 is 26.2 Å². The maximum absolute atomic E-state index is 13.8. The molecule has 0 aromatic heterocycles. The lowest BCUT2D eigenvalue weighted by atomic mass is 9.39. The van der Waals surface area contributed by atoms with Gasteiger partial charge in [-0.25, -0.2) is 0 Å². The van der Waals surface area contributed by atoms with Crippen LogP contribution in [0.4, 0.5) is 0 Å². The van der Waals surface area contributed by atoms with Gasteiger partial charge in [0.2, 0.25) is 5.91 Å². The van der Waals surface area contributed by atoms with Crippen LogP contribution in [0.25, 0.3) is 0 Å². The Kier molecular flexibility index (Phi) is 5.37. The summed E-state index contributed by atoms with van der Waals surface area (Å²) in [5.41, 5.74) is 2.94. The molecular formula is C26H35NO7. The van der Waals surface area contributed by atoms with Crippen molar-refractivity contribution in [2.24, 2.45) is 40.2 Å². The summed E-state index contributed by atoms with van der Waals surface area (Å²) < 4.78 is 0. The summed E-state index contributed by atoms with van der Waals surface area (Å²) in [5.74, 6) is -6.74. The third-order valence-electron chi connectivity index (χ3n) is 9.20. The van der Waals surface area contributed by atoms with Crippen molar-refractivity contribution in [1.82, 2.24) is 0 Å². The number of ketones is 2. The zero-order valence-electron chi connectivity index (χ0n) is 20.5. The number of phenols is 1. The molecule has 0 bridgehead atoms. The van der Waals surface area contributed by atoms with E-state index in [2.05, 4.69) is 0 Å². The molecule has 6 N–H and O–H groups in total. The van der Waals surface area contributed by atoms with Gasteiger partial charge in [0, 0.05) is 5.41 Å². The zero-order valence-corrected chi connectivity index (χ0v) is 20.5. The van der Waals surface area contributed by atoms with Gasteiger partial charge in [-0.2, -0.15) is 0 Å². The highest BCUT2D eigenvalue weighted by molar-refractivity contribution is 6.09. The van der Waals surface area contributed by atoms with Gasteiger partial charge in [-0.15, -0.1) is 0 Å². The first kappa shape index (κ1) is 24.8. The van der Waals surface area contributed by atoms with Crippen LogP contribution in [0.3, 0.4) is 0 Å². The number of benzene rings is 1. The van der Waals surface area contributed by atoms with Crippen LogP contribution < -0.4 is 5.73 Å². The standard InChI is InChI=1S/C26H35NO7/c1-10(2)16-20(30)15(23(27)33)21(31)26(34)22(32)17-19(29)14-13(11(3)7-12(4)18(14)28)8-24(17,5)9-25(16,26)6/h7,10,15-17,20,22,28,30,32,34H,8-9H2,1-6H3,(H2,27,33)/t15-,16+,17-,20?,22?,24-,25-,26+/m1/s1. The minimum absolute atomic E-state index is 0.112. The average molecular weight is 474 g/mol. The number of fused-ring (bicyclic) bond motifs is 3. The Morgan fingerprint density at radius 2 is 1.74 bits per heavy atom. The molecule has 1 aromatic rings. The summed E-state index contributed by atoms with van der Waals surface area (Å²) >= 11 is 0. The van der Waals surface area contributed by atoms with E-state index in [1.165, 1.54) is 0 Å². The quantitative estimate of drug-likeness (QED) is 0.404. The second kappa shape index (κ2) is 7.35. The van der Waals surface area contributed by atoms with Crippen molar-refractivity contribution in [2.45, 2.75) is 72.2 Å². The van der Waals surface area contributed by atoms with Gasteiger partial charge in [0.1, 0.15) is 17.8 Å². The Balaban J connectivity index is 1.98. The molecule has 8 heteroatoms. The third kappa shape index (κ3) is 2.79. The van der Waals surface area contributed by atoms with Crippen LogP contribution in [-0.2, 0) is 16.0 Å². The molecule has 3 aliphatic rings. The molecule has 0 aliphatic heterocycles. The maximum Gasteiger partial charge on any atom is 0.230 e. The highest BCUT2D eigenvalue weighted by atomic mass is 16.4. The van der Waals surface area contributed by atoms with E-state index in [-0.39, 0.29) is 23.7 Å². The first-order valence-electron chi connectivity index (χ1n) is 11.8. The van der Waals surface area contributed by atoms with Gasteiger partial charge in [-0.05, 0) is 60.6 Å². The van der Waals surface area contributed by atoms with Crippen LogP contribution in [-0.4, -0.2) is 55.7 Å². The summed E-state index contributed by atoms with van der Waals surface area (Å²) in [6.07, 6.45) is -2.78. The van der Waals surface area contributed by atoms with Crippen molar-refractivity contribution in [1.29, 1.82) is 0 Å². The van der Waals surface area contributed by atoms with Crippen LogP contribution in [0.2, 0.25) is 0 Å². The maximum atomic E-state index is 13.8. The van der Waals surface area contributed by atoms with Crippen LogP contribution in [0.15, 0.2) is 6.07 Å². The van der Waals surface area contributed by atoms with Crippen molar-refractivity contribution in [3.05, 3.63) is 28.3 Å². The number of primary amides is 1. The fraction of sp³-hybridized carbons (Fsp3) is 0.654. The number of carbonyl (C=O) groups is 3. The second-order valence-electron chi connectivity index (χ2n) is 11.7. The largest absolute Gasteiger partial charge is 0.507 e. The molecule has 4 rings (SSSR count). The number of phenolic OH excluding ortho intramolecular Hbond substituents is 1. The van der Waals surface area contributed by atoms with E-state index in [0.29, 0.717) is 17.5 Å². The molecule has 8 nitrogen and oxygen atoms in total. The Morgan fingerprint density at radius 3 is 2.26 bits per heavy atom. The predicted octanol–water partition coefficient (Wildman–Crippen LogP) is 1.19. The van der Waals surface area contributed by atoms with Crippen LogP contribution in [0, 0.1) is 48.3 Å². The molecule has 2 saturated carbocycles. The molecule has 3 aliphatic carbocycles. The molecule has 0 spiro atoms. The number of amides is 1. The van der Waals surface area contributed by atoms with Crippen LogP contribution >= 0.6 is 0 Å². The van der Waals surface area contributed by atoms with Crippen molar-refractivity contribution < 1.29 is 34.8 Å². The van der Waals surface area contributed by atoms with E-state index in [1.54, 1.807) is 13.8 Å². The molecule has 2 unspecified atom stereocenters. The Morgan fingerprint density at radius 1 is 1.15 bits per heavy atom. The molecular weight excluding hydrogens is 438 g/mol. The first-order valence-corrected chi connectivity index (χ1v) is 11.8. The minimum atomic E-state index is -2.48. The van der Waals surface area contributed by atoms with E-state index in [9.17, 15) is 34.8 Å². The van der Waals surface area contributed by atoms with Gasteiger partial charge in [-0.3, -0.25) is 14.4 Å². The Labute approximate surface area is 199 Å². The normalized spacial score (nSPS) is 41.6. The summed E-state index contributed by atoms with van der Waals surface area (Å²) in [7, 11) is 0. The monoisotopic (exact) mass is 473 g/mol. The van der Waals surface area contributed by atoms with E-state index in [0.717, 1.165) is 5.56 Å². The number of hydrogen-bond donors (Lipinski definition) is 5. The molecule has 8 atom stereocenters. The number of nitrogens with two attached hydrogens (primary N) is 1. The van der Waals surface area contributed by atoms with Crippen LogP contribution in [0.1, 0.15) is 61.2 Å². The van der Waals surface area contributed by atoms with Gasteiger partial charge in [-0.1, -0.05) is 33.8 Å². The van der Waals surface area contributed by atoms with Gasteiger partial charge >= 0.3 is 0 Å². The number of hydrogen-bond acceptors (Lipinski definition) is 7. The fourth-order valence-corrected chi connectivity index (χ4v) is 7.95. The lowest BCUT2D eigenvalue weighted by molar-refractivity contribution is -0.265. The van der Waals surface area contributed by atoms with E-state index < -0.39 is 63.9 Å². The SMILES string of the molecule is Cc1cc(C)c2c(c1O)C(=O)[C@@H]1C(O)[C@@]3(O)C(=O)[C@H](C(N)=O)C(O)[C@H](C(C)C)[C@@]3(C)C[C@@]1(C)C2. The molecule has 34 heavy (non-hydrogen) atoms. The summed E-state index contributed by atoms with van der Waals surface area (Å²) in [5, 5.41) is 45.5. The fourth-order valence-electron chi connectivity index (χ4n) is 7.95. The summed E-state index contributed by atoms with van der Waals surface area (Å²) in [6.45, 7) is 10.7. The topological polar surface area (TPSA) is 158 Å². The summed E-state index contributed by atoms with van der Waals surface area (Å²) in [4.78, 5) is 39.6. The molecule has 0 heterocycles. The highest BCUT2D eigenvalue weighted by Gasteiger charge is 2.75. The number of carbonyl (C=O) groups excluding carboxylic acids is 3. The number of Topliss-reactive ketones (excluding diaryl/α,β-unsaturated/α-hetero) is 2. The van der Waals surface area contributed by atoms with Gasteiger partial charge in [0.25, 0.3) is 0 Å². The minimum Gasteiger partial charge on any atom is -0.507 e. The molecule has 0 saturated heterocycles. The summed E-state index contributed by atoms with van der Waals surface area (Å²) in [6, 6.07) is 1.81. The average Bonchev–Trinajstić information content (AvgIpc) is 2.68. The van der Waals surface area contributed by atoms with Crippen LogP contribution in [0.5, 0.6) is 5.75 Å². The van der Waals surface area contributed by atoms with Crippen molar-refractivity contribution in [2.75, 3.05) is 0 Å². The second-order valence-corrected chi connectivity index (χ2v) is 11.7.